The van der Waals surface area contributed by atoms with Crippen LogP contribution in [0.4, 0.5) is 0 Å². The molecule has 0 rings (SSSR count). The van der Waals surface area contributed by atoms with Crippen LogP contribution in [-0.2, 0) is 28.6 Å². The zero-order valence-corrected chi connectivity index (χ0v) is 39.5. The Kier molecular flexibility index (Phi) is 46.4. The smallest absolute Gasteiger partial charge is 0.306 e. The van der Waals surface area contributed by atoms with E-state index in [1.54, 1.807) is 0 Å². The molecule has 0 aromatic rings. The van der Waals surface area contributed by atoms with Gasteiger partial charge in [0.15, 0.2) is 6.10 Å². The van der Waals surface area contributed by atoms with Gasteiger partial charge in [-0.1, -0.05) is 204 Å². The summed E-state index contributed by atoms with van der Waals surface area (Å²) in [6, 6.07) is 0. The Hall–Kier alpha value is -2.89. The average molecular weight is 839 g/mol. The summed E-state index contributed by atoms with van der Waals surface area (Å²) in [5.41, 5.74) is 0. The first-order chi connectivity index (χ1) is 29.5. The van der Waals surface area contributed by atoms with Gasteiger partial charge >= 0.3 is 17.9 Å². The normalized spacial score (nSPS) is 12.5. The molecule has 0 saturated carbocycles. The molecular weight excluding hydrogens is 745 g/mol. The number of allylic oxidation sites excluding steroid dienone is 10. The molecule has 0 aliphatic rings. The first kappa shape index (κ1) is 57.1. The molecule has 346 valence electrons. The number of ether oxygens (including phenoxy) is 3. The number of rotatable bonds is 45. The van der Waals surface area contributed by atoms with Crippen LogP contribution in [0.5, 0.6) is 0 Å². The van der Waals surface area contributed by atoms with Gasteiger partial charge in [0, 0.05) is 19.3 Å². The minimum Gasteiger partial charge on any atom is -0.462 e. The Morgan fingerprint density at radius 2 is 0.617 bits per heavy atom. The third kappa shape index (κ3) is 46.2. The highest BCUT2D eigenvalue weighted by atomic mass is 16.6. The number of carbonyl (C=O) groups is 3. The van der Waals surface area contributed by atoms with E-state index in [-0.39, 0.29) is 31.1 Å². The van der Waals surface area contributed by atoms with Gasteiger partial charge in [-0.25, -0.2) is 0 Å². The van der Waals surface area contributed by atoms with Crippen LogP contribution >= 0.6 is 0 Å². The number of hydrogen-bond donors (Lipinski definition) is 0. The van der Waals surface area contributed by atoms with E-state index in [4.69, 9.17) is 14.2 Å². The van der Waals surface area contributed by atoms with E-state index in [2.05, 4.69) is 81.5 Å². The van der Waals surface area contributed by atoms with Crippen LogP contribution in [-0.4, -0.2) is 37.2 Å². The molecule has 1 atom stereocenters. The summed E-state index contributed by atoms with van der Waals surface area (Å²) in [6.07, 6.45) is 59.1. The third-order valence-electron chi connectivity index (χ3n) is 10.7. The van der Waals surface area contributed by atoms with Crippen LogP contribution < -0.4 is 0 Å². The molecule has 0 N–H and O–H groups in total. The highest BCUT2D eigenvalue weighted by molar-refractivity contribution is 5.71. The zero-order valence-electron chi connectivity index (χ0n) is 39.5. The maximum Gasteiger partial charge on any atom is 0.306 e. The molecule has 0 bridgehead atoms. The van der Waals surface area contributed by atoms with Gasteiger partial charge in [-0.05, 0) is 83.5 Å². The lowest BCUT2D eigenvalue weighted by Gasteiger charge is -2.18. The maximum atomic E-state index is 12.8. The Bertz CT molecular complexity index is 1100. The Morgan fingerprint density at radius 1 is 0.333 bits per heavy atom. The van der Waals surface area contributed by atoms with Crippen LogP contribution in [0.2, 0.25) is 0 Å². The summed E-state index contributed by atoms with van der Waals surface area (Å²) in [5.74, 6) is -0.927. The lowest BCUT2D eigenvalue weighted by Crippen LogP contribution is -2.30. The minimum atomic E-state index is -0.790. The van der Waals surface area contributed by atoms with Crippen molar-refractivity contribution in [2.75, 3.05) is 13.2 Å². The van der Waals surface area contributed by atoms with Crippen molar-refractivity contribution in [2.24, 2.45) is 0 Å². The number of hydrogen-bond acceptors (Lipinski definition) is 6. The standard InChI is InChI=1S/C54H94O6/c1-4-7-10-13-16-19-22-24-25-26-27-28-29-30-33-36-39-42-45-48-54(57)60-51(49-58-52(55)46-43-40-37-34-31-21-18-15-12-9-6-3)50-59-53(56)47-44-41-38-35-32-23-20-17-14-11-8-5-2/h15-16,18-19,24-25,27-28,30,33,51H,4-14,17,20-23,26,29,31-32,34-50H2,1-3H3/b18-15-,19-16-,25-24-,28-27-,33-30-/t51-/m1/s1. The molecule has 6 nitrogen and oxygen atoms in total. The number of esters is 3. The molecule has 0 aromatic carbocycles. The highest BCUT2D eigenvalue weighted by Gasteiger charge is 2.19. The largest absolute Gasteiger partial charge is 0.462 e. The van der Waals surface area contributed by atoms with Crippen molar-refractivity contribution in [1.29, 1.82) is 0 Å². The van der Waals surface area contributed by atoms with Crippen LogP contribution in [0.25, 0.3) is 0 Å². The van der Waals surface area contributed by atoms with Crippen LogP contribution in [0.1, 0.15) is 245 Å². The Morgan fingerprint density at radius 3 is 1.05 bits per heavy atom. The van der Waals surface area contributed by atoms with E-state index in [9.17, 15) is 14.4 Å². The van der Waals surface area contributed by atoms with Gasteiger partial charge in [0.1, 0.15) is 13.2 Å². The second-order valence-electron chi connectivity index (χ2n) is 16.7. The summed E-state index contributed by atoms with van der Waals surface area (Å²) in [4.78, 5) is 37.9. The van der Waals surface area contributed by atoms with E-state index in [1.165, 1.54) is 116 Å². The fourth-order valence-electron chi connectivity index (χ4n) is 6.88. The molecule has 0 saturated heterocycles. The minimum absolute atomic E-state index is 0.0882. The molecular formula is C54H94O6. The molecule has 0 unspecified atom stereocenters. The molecule has 0 amide bonds. The summed E-state index contributed by atoms with van der Waals surface area (Å²) in [5, 5.41) is 0. The molecule has 6 heteroatoms. The highest BCUT2D eigenvalue weighted by Crippen LogP contribution is 2.14. The first-order valence-corrected chi connectivity index (χ1v) is 25.3. The maximum absolute atomic E-state index is 12.8. The number of unbranched alkanes of at least 4 members (excludes halogenated alkanes) is 24. The van der Waals surface area contributed by atoms with Crippen molar-refractivity contribution in [3.8, 4) is 0 Å². The zero-order chi connectivity index (χ0) is 43.7. The van der Waals surface area contributed by atoms with Gasteiger partial charge in [0.25, 0.3) is 0 Å². The summed E-state index contributed by atoms with van der Waals surface area (Å²) >= 11 is 0. The van der Waals surface area contributed by atoms with E-state index >= 15 is 0 Å². The van der Waals surface area contributed by atoms with Gasteiger partial charge in [0.2, 0.25) is 0 Å². The van der Waals surface area contributed by atoms with Crippen molar-refractivity contribution in [2.45, 2.75) is 252 Å². The van der Waals surface area contributed by atoms with Crippen LogP contribution in [0.15, 0.2) is 60.8 Å². The van der Waals surface area contributed by atoms with E-state index in [1.807, 2.05) is 0 Å². The first-order valence-electron chi connectivity index (χ1n) is 25.3. The van der Waals surface area contributed by atoms with Gasteiger partial charge in [-0.3, -0.25) is 14.4 Å². The molecule has 0 spiro atoms. The molecule has 0 aliphatic carbocycles. The summed E-state index contributed by atoms with van der Waals surface area (Å²) in [6.45, 7) is 6.53. The van der Waals surface area contributed by atoms with Crippen molar-refractivity contribution >= 4 is 17.9 Å². The van der Waals surface area contributed by atoms with E-state index < -0.39 is 6.10 Å². The SMILES string of the molecule is CCCC/C=C\CCCCCCCC(=O)OC[C@H](COC(=O)CCCCCCCCCCCCCC)OC(=O)CCCCC/C=C\C/C=C\C/C=C\C/C=C\CCCCC. The van der Waals surface area contributed by atoms with Gasteiger partial charge in [0.05, 0.1) is 0 Å². The molecule has 0 aliphatic heterocycles. The Balaban J connectivity index is 4.43. The molecule has 0 aromatic heterocycles. The fourth-order valence-corrected chi connectivity index (χ4v) is 6.88. The second-order valence-corrected chi connectivity index (χ2v) is 16.7. The molecule has 0 fully saturated rings. The topological polar surface area (TPSA) is 78.9 Å². The van der Waals surface area contributed by atoms with Gasteiger partial charge in [-0.2, -0.15) is 0 Å². The monoisotopic (exact) mass is 839 g/mol. The Labute approximate surface area is 370 Å². The quantitative estimate of drug-likeness (QED) is 0.0263. The second kappa shape index (κ2) is 48.8. The van der Waals surface area contributed by atoms with Crippen molar-refractivity contribution in [3.05, 3.63) is 60.8 Å². The molecule has 0 heterocycles. The third-order valence-corrected chi connectivity index (χ3v) is 10.7. The van der Waals surface area contributed by atoms with E-state index in [0.717, 1.165) is 89.9 Å². The van der Waals surface area contributed by atoms with Crippen molar-refractivity contribution in [1.82, 2.24) is 0 Å². The average Bonchev–Trinajstić information content (AvgIpc) is 3.24. The lowest BCUT2D eigenvalue weighted by molar-refractivity contribution is -0.167. The summed E-state index contributed by atoms with van der Waals surface area (Å²) < 4.78 is 16.7. The van der Waals surface area contributed by atoms with Crippen LogP contribution in [0, 0.1) is 0 Å². The van der Waals surface area contributed by atoms with Crippen LogP contribution in [0.3, 0.4) is 0 Å². The number of carbonyl (C=O) groups excluding carboxylic acids is 3. The van der Waals surface area contributed by atoms with Crippen molar-refractivity contribution < 1.29 is 28.6 Å². The fraction of sp³-hybridized carbons (Fsp3) is 0.759. The molecule has 0 radical (unpaired) electrons. The predicted molar refractivity (Wildman–Crippen MR) is 256 cm³/mol. The summed E-state index contributed by atoms with van der Waals surface area (Å²) in [7, 11) is 0. The predicted octanol–water partition coefficient (Wildman–Crippen LogP) is 16.5. The lowest BCUT2D eigenvalue weighted by atomic mass is 10.0. The van der Waals surface area contributed by atoms with Gasteiger partial charge in [-0.15, -0.1) is 0 Å². The van der Waals surface area contributed by atoms with Gasteiger partial charge < -0.3 is 14.2 Å². The van der Waals surface area contributed by atoms with E-state index in [0.29, 0.717) is 19.3 Å². The van der Waals surface area contributed by atoms with Crippen molar-refractivity contribution in [3.63, 3.8) is 0 Å². The molecule has 60 heavy (non-hydrogen) atoms.